The normalized spacial score (nSPS) is 16.3. The predicted octanol–water partition coefficient (Wildman–Crippen LogP) is 0.923. The Hall–Kier alpha value is -2.63. The van der Waals surface area contributed by atoms with Gasteiger partial charge < -0.3 is 10.1 Å². The molecule has 20 heavy (non-hydrogen) atoms. The van der Waals surface area contributed by atoms with E-state index in [1.54, 1.807) is 6.20 Å². The maximum atomic E-state index is 11.4. The third-order valence-corrected chi connectivity index (χ3v) is 3.52. The number of rotatable bonds is 4. The van der Waals surface area contributed by atoms with Gasteiger partial charge in [0.2, 0.25) is 11.8 Å². The molecule has 0 aliphatic carbocycles. The summed E-state index contributed by atoms with van der Waals surface area (Å²) in [7, 11) is 0. The Morgan fingerprint density at radius 1 is 1.30 bits per heavy atom. The molecule has 1 aliphatic heterocycles. The van der Waals surface area contributed by atoms with Crippen LogP contribution in [0.5, 0.6) is 0 Å². The number of likely N-dealkylation sites (tertiary alicyclic amines) is 1. The molecule has 0 saturated carbocycles. The minimum Gasteiger partial charge on any atom is -0.480 e. The van der Waals surface area contributed by atoms with Crippen molar-refractivity contribution in [3.8, 4) is 0 Å². The molecule has 1 aromatic carbocycles. The molecule has 1 fully saturated rings. The van der Waals surface area contributed by atoms with Crippen LogP contribution in [0.15, 0.2) is 30.5 Å². The monoisotopic (exact) mass is 272 g/mol. The Kier molecular flexibility index (Phi) is 2.78. The van der Waals surface area contributed by atoms with Crippen LogP contribution in [0.25, 0.3) is 10.9 Å². The van der Waals surface area contributed by atoms with Gasteiger partial charge in [-0.05, 0) is 11.6 Å². The van der Waals surface area contributed by atoms with Crippen molar-refractivity contribution in [3.05, 3.63) is 36.0 Å². The van der Waals surface area contributed by atoms with Crippen LogP contribution in [0.1, 0.15) is 12.0 Å². The van der Waals surface area contributed by atoms with Gasteiger partial charge >= 0.3 is 5.97 Å². The van der Waals surface area contributed by atoms with Crippen molar-refractivity contribution in [2.24, 2.45) is 0 Å². The van der Waals surface area contributed by atoms with Gasteiger partial charge in [-0.25, -0.2) is 4.79 Å². The number of H-pyrrole nitrogens is 1. The van der Waals surface area contributed by atoms with Crippen molar-refractivity contribution in [1.82, 2.24) is 9.88 Å². The summed E-state index contributed by atoms with van der Waals surface area (Å²) in [5, 5.41) is 10.2. The molecule has 2 aromatic rings. The van der Waals surface area contributed by atoms with Crippen LogP contribution < -0.4 is 0 Å². The number of carbonyl (C=O) groups excluding carboxylic acids is 2. The van der Waals surface area contributed by atoms with Crippen molar-refractivity contribution >= 4 is 28.7 Å². The molecule has 0 unspecified atom stereocenters. The number of amides is 2. The van der Waals surface area contributed by atoms with E-state index < -0.39 is 23.8 Å². The Bertz CT molecular complexity index is 705. The van der Waals surface area contributed by atoms with Crippen LogP contribution in [-0.2, 0) is 20.8 Å². The molecule has 6 nitrogen and oxygen atoms in total. The lowest BCUT2D eigenvalue weighted by molar-refractivity contribution is -0.167. The number of imide groups is 1. The van der Waals surface area contributed by atoms with E-state index in [0.717, 1.165) is 21.4 Å². The molecule has 1 aliphatic rings. The second-order valence-corrected chi connectivity index (χ2v) is 4.75. The summed E-state index contributed by atoms with van der Waals surface area (Å²) in [4.78, 5) is 38.0. The van der Waals surface area contributed by atoms with Crippen molar-refractivity contribution < 1.29 is 19.5 Å². The summed E-state index contributed by atoms with van der Waals surface area (Å²) in [6.45, 7) is 0. The predicted molar refractivity (Wildman–Crippen MR) is 69.9 cm³/mol. The summed E-state index contributed by atoms with van der Waals surface area (Å²) in [5.74, 6) is -2.03. The Morgan fingerprint density at radius 2 is 2.00 bits per heavy atom. The Balaban J connectivity index is 1.92. The molecule has 102 valence electrons. The van der Waals surface area contributed by atoms with Gasteiger partial charge in [-0.15, -0.1) is 0 Å². The van der Waals surface area contributed by atoms with Gasteiger partial charge in [0, 0.05) is 23.5 Å². The lowest BCUT2D eigenvalue weighted by Crippen LogP contribution is -2.57. The average molecular weight is 272 g/mol. The number of aromatic amines is 1. The summed E-state index contributed by atoms with van der Waals surface area (Å²) in [5.41, 5.74) is 1.67. The number of aromatic nitrogens is 1. The molecule has 1 atom stereocenters. The van der Waals surface area contributed by atoms with E-state index in [4.69, 9.17) is 0 Å². The second kappa shape index (κ2) is 4.48. The zero-order chi connectivity index (χ0) is 14.3. The van der Waals surface area contributed by atoms with Gasteiger partial charge in [-0.2, -0.15) is 0 Å². The van der Waals surface area contributed by atoms with Crippen LogP contribution in [0.3, 0.4) is 0 Å². The lowest BCUT2D eigenvalue weighted by Gasteiger charge is -2.33. The number of hydrogen-bond donors (Lipinski definition) is 2. The number of para-hydroxylation sites is 1. The highest BCUT2D eigenvalue weighted by molar-refractivity contribution is 6.16. The van der Waals surface area contributed by atoms with Crippen LogP contribution in [-0.4, -0.2) is 38.8 Å². The third-order valence-electron chi connectivity index (χ3n) is 3.52. The van der Waals surface area contributed by atoms with Gasteiger partial charge in [0.1, 0.15) is 12.5 Å². The number of fused-ring (bicyclic) bond motifs is 1. The van der Waals surface area contributed by atoms with Crippen molar-refractivity contribution in [1.29, 1.82) is 0 Å². The van der Waals surface area contributed by atoms with Gasteiger partial charge in [-0.1, -0.05) is 18.2 Å². The van der Waals surface area contributed by atoms with Crippen LogP contribution in [0.2, 0.25) is 0 Å². The summed E-state index contributed by atoms with van der Waals surface area (Å²) >= 11 is 0. The molecule has 1 saturated heterocycles. The SMILES string of the molecule is O=C(O)[C@H](Cc1c[nH]c2ccccc12)N1C(=O)CC1=O. The van der Waals surface area contributed by atoms with E-state index >= 15 is 0 Å². The Labute approximate surface area is 114 Å². The number of aliphatic carboxylic acids is 1. The quantitative estimate of drug-likeness (QED) is 0.639. The minimum atomic E-state index is -1.17. The fraction of sp³-hybridized carbons (Fsp3) is 0.214. The zero-order valence-electron chi connectivity index (χ0n) is 10.5. The summed E-state index contributed by atoms with van der Waals surface area (Å²) < 4.78 is 0. The largest absolute Gasteiger partial charge is 0.480 e. The topological polar surface area (TPSA) is 90.5 Å². The fourth-order valence-electron chi connectivity index (χ4n) is 2.49. The number of nitrogens with zero attached hydrogens (tertiary/aromatic N) is 1. The van der Waals surface area contributed by atoms with Crippen molar-refractivity contribution in [2.45, 2.75) is 18.9 Å². The van der Waals surface area contributed by atoms with Gasteiger partial charge in [0.05, 0.1) is 0 Å². The van der Waals surface area contributed by atoms with Crippen molar-refractivity contribution in [2.75, 3.05) is 0 Å². The molecular weight excluding hydrogens is 260 g/mol. The highest BCUT2D eigenvalue weighted by Gasteiger charge is 2.43. The van der Waals surface area contributed by atoms with Gasteiger partial charge in [-0.3, -0.25) is 14.5 Å². The standard InChI is InChI=1S/C14H12N2O4/c17-12-6-13(18)16(12)11(14(19)20)5-8-7-15-10-4-2-1-3-9(8)10/h1-4,7,11,15H,5-6H2,(H,19,20)/t11-/m0/s1. The smallest absolute Gasteiger partial charge is 0.327 e. The molecule has 0 spiro atoms. The molecule has 2 amide bonds. The summed E-state index contributed by atoms with van der Waals surface area (Å²) in [6.07, 6.45) is 1.63. The number of carbonyl (C=O) groups is 3. The second-order valence-electron chi connectivity index (χ2n) is 4.75. The first-order chi connectivity index (χ1) is 9.58. The molecule has 0 radical (unpaired) electrons. The highest BCUT2D eigenvalue weighted by Crippen LogP contribution is 2.23. The first kappa shape index (κ1) is 12.4. The third kappa shape index (κ3) is 1.85. The maximum Gasteiger partial charge on any atom is 0.327 e. The molecular formula is C14H12N2O4. The van der Waals surface area contributed by atoms with E-state index in [0.29, 0.717) is 0 Å². The summed E-state index contributed by atoms with van der Waals surface area (Å²) in [6, 6.07) is 6.35. The number of hydrogen-bond acceptors (Lipinski definition) is 3. The molecule has 1 aromatic heterocycles. The van der Waals surface area contributed by atoms with Crippen LogP contribution in [0, 0.1) is 0 Å². The minimum absolute atomic E-state index is 0.108. The number of nitrogens with one attached hydrogen (secondary N) is 1. The molecule has 2 heterocycles. The number of benzene rings is 1. The van der Waals surface area contributed by atoms with Gasteiger partial charge in [0.25, 0.3) is 0 Å². The number of β-lactam (4-membered cyclic amide) rings is 2. The Morgan fingerprint density at radius 3 is 2.65 bits per heavy atom. The molecule has 6 heteroatoms. The van der Waals surface area contributed by atoms with Crippen LogP contribution >= 0.6 is 0 Å². The highest BCUT2D eigenvalue weighted by atomic mass is 16.4. The van der Waals surface area contributed by atoms with Crippen LogP contribution in [0.4, 0.5) is 0 Å². The average Bonchev–Trinajstić information content (AvgIpc) is 2.81. The molecule has 2 N–H and O–H groups in total. The van der Waals surface area contributed by atoms with E-state index in [2.05, 4.69) is 4.98 Å². The number of carboxylic acids is 1. The lowest BCUT2D eigenvalue weighted by atomic mass is 10.00. The first-order valence-electron chi connectivity index (χ1n) is 6.20. The maximum absolute atomic E-state index is 11.4. The molecule has 3 rings (SSSR count). The van der Waals surface area contributed by atoms with E-state index in [-0.39, 0.29) is 12.8 Å². The zero-order valence-corrected chi connectivity index (χ0v) is 10.5. The van der Waals surface area contributed by atoms with E-state index in [9.17, 15) is 19.5 Å². The molecule has 0 bridgehead atoms. The van der Waals surface area contributed by atoms with E-state index in [1.165, 1.54) is 0 Å². The van der Waals surface area contributed by atoms with Crippen molar-refractivity contribution in [3.63, 3.8) is 0 Å². The number of carboxylic acid groups (broad SMARTS) is 1. The first-order valence-corrected chi connectivity index (χ1v) is 6.20. The fourth-order valence-corrected chi connectivity index (χ4v) is 2.49. The van der Waals surface area contributed by atoms with E-state index in [1.807, 2.05) is 24.3 Å². The van der Waals surface area contributed by atoms with Gasteiger partial charge in [0.15, 0.2) is 0 Å².